The smallest absolute Gasteiger partial charge is 0.337 e. The highest BCUT2D eigenvalue weighted by Crippen LogP contribution is 2.22. The van der Waals surface area contributed by atoms with Crippen LogP contribution in [0.3, 0.4) is 0 Å². The molecule has 1 rings (SSSR count). The number of ether oxygens (including phenoxy) is 3. The third kappa shape index (κ3) is 2.27. The molecule has 1 fully saturated rings. The standard InChI is InChI=1S/C8H14O7/c1-13-7(12)6-4(10)3(9)5(11)8(14-2)15-6/h3-6,8-11H,1-2H3/t3-,4+,5+,6-,8+/m0/s1. The van der Waals surface area contributed by atoms with Crippen LogP contribution in [-0.2, 0) is 19.0 Å². The average Bonchev–Trinajstić information content (AvgIpc) is 2.25. The van der Waals surface area contributed by atoms with E-state index in [1.54, 1.807) is 0 Å². The average molecular weight is 222 g/mol. The van der Waals surface area contributed by atoms with Gasteiger partial charge in [-0.05, 0) is 0 Å². The SMILES string of the molecule is COC(=O)[C@H]1O[C@@H](OC)[C@H](O)[C@@H](O)[C@H]1O. The van der Waals surface area contributed by atoms with Gasteiger partial charge in [0.2, 0.25) is 0 Å². The molecular formula is C8H14O7. The first-order valence-electron chi connectivity index (χ1n) is 4.33. The maximum Gasteiger partial charge on any atom is 0.337 e. The lowest BCUT2D eigenvalue weighted by Gasteiger charge is -2.38. The molecule has 0 radical (unpaired) electrons. The highest BCUT2D eigenvalue weighted by molar-refractivity contribution is 5.75. The van der Waals surface area contributed by atoms with Crippen LogP contribution in [0.4, 0.5) is 0 Å². The molecule has 0 spiro atoms. The predicted molar refractivity (Wildman–Crippen MR) is 45.7 cm³/mol. The van der Waals surface area contributed by atoms with Crippen molar-refractivity contribution in [1.82, 2.24) is 0 Å². The van der Waals surface area contributed by atoms with Gasteiger partial charge in [-0.3, -0.25) is 0 Å². The van der Waals surface area contributed by atoms with E-state index in [4.69, 9.17) is 9.47 Å². The molecule has 1 heterocycles. The van der Waals surface area contributed by atoms with Gasteiger partial charge in [0.25, 0.3) is 0 Å². The Labute approximate surface area is 86.2 Å². The van der Waals surface area contributed by atoms with Gasteiger partial charge in [0, 0.05) is 7.11 Å². The lowest BCUT2D eigenvalue weighted by molar-refractivity contribution is -0.288. The Morgan fingerprint density at radius 2 is 1.73 bits per heavy atom. The van der Waals surface area contributed by atoms with Crippen molar-refractivity contribution in [2.24, 2.45) is 0 Å². The number of hydrogen-bond acceptors (Lipinski definition) is 7. The Morgan fingerprint density at radius 3 is 2.20 bits per heavy atom. The summed E-state index contributed by atoms with van der Waals surface area (Å²) in [5, 5.41) is 28.2. The minimum Gasteiger partial charge on any atom is -0.467 e. The highest BCUT2D eigenvalue weighted by atomic mass is 16.7. The molecule has 3 N–H and O–H groups in total. The van der Waals surface area contributed by atoms with Crippen LogP contribution < -0.4 is 0 Å². The molecule has 0 bridgehead atoms. The second-order valence-electron chi connectivity index (χ2n) is 3.16. The number of carbonyl (C=O) groups is 1. The van der Waals surface area contributed by atoms with Gasteiger partial charge < -0.3 is 29.5 Å². The maximum atomic E-state index is 11.1. The van der Waals surface area contributed by atoms with Crippen molar-refractivity contribution in [2.75, 3.05) is 14.2 Å². The fourth-order valence-corrected chi connectivity index (χ4v) is 1.35. The first-order valence-corrected chi connectivity index (χ1v) is 4.33. The molecule has 0 aromatic heterocycles. The lowest BCUT2D eigenvalue weighted by atomic mass is 9.99. The molecule has 0 saturated carbocycles. The Morgan fingerprint density at radius 1 is 1.13 bits per heavy atom. The zero-order valence-corrected chi connectivity index (χ0v) is 8.36. The lowest BCUT2D eigenvalue weighted by Crippen LogP contribution is -2.60. The molecule has 15 heavy (non-hydrogen) atoms. The Balaban J connectivity index is 2.78. The monoisotopic (exact) mass is 222 g/mol. The van der Waals surface area contributed by atoms with Gasteiger partial charge >= 0.3 is 5.97 Å². The van der Waals surface area contributed by atoms with Gasteiger partial charge in [0.15, 0.2) is 12.4 Å². The number of carbonyl (C=O) groups excluding carboxylic acids is 1. The second-order valence-corrected chi connectivity index (χ2v) is 3.16. The van der Waals surface area contributed by atoms with Crippen molar-refractivity contribution < 1.29 is 34.3 Å². The Hall–Kier alpha value is -0.730. The van der Waals surface area contributed by atoms with E-state index in [1.807, 2.05) is 0 Å². The number of hydrogen-bond donors (Lipinski definition) is 3. The summed E-state index contributed by atoms with van der Waals surface area (Å²) in [6.07, 6.45) is -7.01. The first kappa shape index (κ1) is 12.3. The summed E-state index contributed by atoms with van der Waals surface area (Å²) >= 11 is 0. The van der Waals surface area contributed by atoms with E-state index >= 15 is 0 Å². The molecule has 0 aromatic carbocycles. The van der Waals surface area contributed by atoms with Crippen molar-refractivity contribution in [1.29, 1.82) is 0 Å². The molecular weight excluding hydrogens is 208 g/mol. The Kier molecular flexibility index (Phi) is 4.00. The molecule has 0 aliphatic carbocycles. The third-order valence-electron chi connectivity index (χ3n) is 2.24. The van der Waals surface area contributed by atoms with Crippen LogP contribution in [0, 0.1) is 0 Å². The fraction of sp³-hybridized carbons (Fsp3) is 0.875. The number of methoxy groups -OCH3 is 2. The van der Waals surface area contributed by atoms with E-state index in [0.29, 0.717) is 0 Å². The largest absolute Gasteiger partial charge is 0.467 e. The van der Waals surface area contributed by atoms with Crippen molar-refractivity contribution in [3.05, 3.63) is 0 Å². The molecule has 1 aliphatic heterocycles. The van der Waals surface area contributed by atoms with Crippen molar-refractivity contribution >= 4 is 5.97 Å². The summed E-state index contributed by atoms with van der Waals surface area (Å²) in [5.41, 5.74) is 0. The molecule has 88 valence electrons. The zero-order valence-electron chi connectivity index (χ0n) is 8.36. The first-order chi connectivity index (χ1) is 7.02. The van der Waals surface area contributed by atoms with Gasteiger partial charge in [-0.15, -0.1) is 0 Å². The van der Waals surface area contributed by atoms with E-state index in [1.165, 1.54) is 7.11 Å². The topological polar surface area (TPSA) is 105 Å². The van der Waals surface area contributed by atoms with Gasteiger partial charge in [0.1, 0.15) is 18.3 Å². The van der Waals surface area contributed by atoms with Crippen molar-refractivity contribution in [3.63, 3.8) is 0 Å². The van der Waals surface area contributed by atoms with Gasteiger partial charge in [-0.1, -0.05) is 0 Å². The summed E-state index contributed by atoms with van der Waals surface area (Å²) in [4.78, 5) is 11.1. The number of aliphatic hydroxyl groups is 3. The molecule has 5 atom stereocenters. The van der Waals surface area contributed by atoms with E-state index < -0.39 is 36.7 Å². The van der Waals surface area contributed by atoms with Crippen LogP contribution in [0.15, 0.2) is 0 Å². The highest BCUT2D eigenvalue weighted by Gasteiger charge is 2.47. The van der Waals surface area contributed by atoms with E-state index in [0.717, 1.165) is 7.11 Å². The normalized spacial score (nSPS) is 41.3. The number of esters is 1. The number of aliphatic hydroxyl groups excluding tert-OH is 3. The summed E-state index contributed by atoms with van der Waals surface area (Å²) in [7, 11) is 2.37. The van der Waals surface area contributed by atoms with Crippen LogP contribution in [0.1, 0.15) is 0 Å². The molecule has 7 heteroatoms. The maximum absolute atomic E-state index is 11.1. The molecule has 7 nitrogen and oxygen atoms in total. The van der Waals surface area contributed by atoms with E-state index in [9.17, 15) is 20.1 Å². The summed E-state index contributed by atoms with van der Waals surface area (Å²) < 4.78 is 14.0. The van der Waals surface area contributed by atoms with Gasteiger partial charge in [-0.25, -0.2) is 4.79 Å². The summed E-state index contributed by atoms with van der Waals surface area (Å²) in [5.74, 6) is -0.837. The quantitative estimate of drug-likeness (QED) is 0.448. The second kappa shape index (κ2) is 4.86. The van der Waals surface area contributed by atoms with Crippen LogP contribution in [0.25, 0.3) is 0 Å². The molecule has 1 aliphatic rings. The Bertz CT molecular complexity index is 229. The van der Waals surface area contributed by atoms with Crippen LogP contribution in [0.2, 0.25) is 0 Å². The molecule has 0 unspecified atom stereocenters. The van der Waals surface area contributed by atoms with E-state index in [2.05, 4.69) is 4.74 Å². The summed E-state index contributed by atoms with van der Waals surface area (Å²) in [6.45, 7) is 0. The predicted octanol–water partition coefficient (Wildman–Crippen LogP) is -2.39. The van der Waals surface area contributed by atoms with Gasteiger partial charge in [-0.2, -0.15) is 0 Å². The summed E-state index contributed by atoms with van der Waals surface area (Å²) in [6, 6.07) is 0. The molecule has 0 aromatic rings. The van der Waals surface area contributed by atoms with E-state index in [-0.39, 0.29) is 0 Å². The molecule has 0 amide bonds. The van der Waals surface area contributed by atoms with Crippen molar-refractivity contribution in [3.8, 4) is 0 Å². The van der Waals surface area contributed by atoms with Crippen LogP contribution in [-0.4, -0.2) is 66.2 Å². The van der Waals surface area contributed by atoms with Crippen molar-refractivity contribution in [2.45, 2.75) is 30.7 Å². The molecule has 1 saturated heterocycles. The van der Waals surface area contributed by atoms with Crippen LogP contribution >= 0.6 is 0 Å². The van der Waals surface area contributed by atoms with Gasteiger partial charge in [0.05, 0.1) is 7.11 Å². The fourth-order valence-electron chi connectivity index (χ4n) is 1.35. The zero-order chi connectivity index (χ0) is 11.6. The number of rotatable bonds is 2. The van der Waals surface area contributed by atoms with Crippen LogP contribution in [0.5, 0.6) is 0 Å². The third-order valence-corrected chi connectivity index (χ3v) is 2.24. The minimum atomic E-state index is -1.54. The minimum absolute atomic E-state index is 0.837.